The summed E-state index contributed by atoms with van der Waals surface area (Å²) in [6.45, 7) is 2.01. The molecule has 0 saturated carbocycles. The highest BCUT2D eigenvalue weighted by atomic mass is 16.5. The van der Waals surface area contributed by atoms with Gasteiger partial charge in [0.15, 0.2) is 11.3 Å². The van der Waals surface area contributed by atoms with Crippen molar-refractivity contribution in [3.05, 3.63) is 23.7 Å². The van der Waals surface area contributed by atoms with Crippen LogP contribution in [0.25, 0.3) is 0 Å². The van der Waals surface area contributed by atoms with Crippen LogP contribution in [0.15, 0.2) is 16.5 Å². The maximum Gasteiger partial charge on any atom is 0.331 e. The fourth-order valence-electron chi connectivity index (χ4n) is 1.72. The van der Waals surface area contributed by atoms with E-state index < -0.39 is 17.4 Å². The minimum atomic E-state index is -1.34. The topological polar surface area (TPSA) is 88.8 Å². The van der Waals surface area contributed by atoms with Gasteiger partial charge in [-0.25, -0.2) is 4.79 Å². The first kappa shape index (κ1) is 11.7. The van der Waals surface area contributed by atoms with E-state index in [2.05, 4.69) is 5.32 Å². The molecule has 17 heavy (non-hydrogen) atoms. The van der Waals surface area contributed by atoms with E-state index in [4.69, 9.17) is 14.3 Å². The maximum absolute atomic E-state index is 11.8. The van der Waals surface area contributed by atoms with E-state index in [9.17, 15) is 9.59 Å². The van der Waals surface area contributed by atoms with Crippen LogP contribution < -0.4 is 5.32 Å². The van der Waals surface area contributed by atoms with Crippen LogP contribution in [0.3, 0.4) is 0 Å². The monoisotopic (exact) mass is 239 g/mol. The Morgan fingerprint density at radius 1 is 1.47 bits per heavy atom. The summed E-state index contributed by atoms with van der Waals surface area (Å²) in [5, 5.41) is 11.6. The predicted octanol–water partition coefficient (Wildman–Crippen LogP) is 0.562. The largest absolute Gasteiger partial charge is 0.479 e. The number of furan rings is 1. The van der Waals surface area contributed by atoms with Gasteiger partial charge in [-0.05, 0) is 19.1 Å². The van der Waals surface area contributed by atoms with Crippen LogP contribution in [0.1, 0.15) is 22.7 Å². The van der Waals surface area contributed by atoms with E-state index in [-0.39, 0.29) is 18.8 Å². The van der Waals surface area contributed by atoms with Crippen molar-refractivity contribution < 1.29 is 23.8 Å². The zero-order valence-corrected chi connectivity index (χ0v) is 9.36. The van der Waals surface area contributed by atoms with Crippen LogP contribution in [-0.2, 0) is 9.53 Å². The molecule has 2 rings (SSSR count). The average molecular weight is 239 g/mol. The fraction of sp³-hybridized carbons (Fsp3) is 0.455. The van der Waals surface area contributed by atoms with Gasteiger partial charge < -0.3 is 19.6 Å². The molecule has 6 nitrogen and oxygen atoms in total. The lowest BCUT2D eigenvalue weighted by molar-refractivity contribution is -0.144. The highest BCUT2D eigenvalue weighted by Crippen LogP contribution is 2.20. The van der Waals surface area contributed by atoms with Gasteiger partial charge >= 0.3 is 5.97 Å². The zero-order valence-electron chi connectivity index (χ0n) is 9.36. The number of carboxylic acid groups (broad SMARTS) is 1. The van der Waals surface area contributed by atoms with Gasteiger partial charge in [-0.15, -0.1) is 0 Å². The fourth-order valence-corrected chi connectivity index (χ4v) is 1.72. The molecule has 1 atom stereocenters. The second kappa shape index (κ2) is 4.21. The lowest BCUT2D eigenvalue weighted by atomic mass is 9.99. The number of aryl methyl sites for hydroxylation is 1. The molecule has 1 aliphatic rings. The molecule has 0 spiro atoms. The van der Waals surface area contributed by atoms with Crippen LogP contribution in [0.2, 0.25) is 0 Å². The molecule has 1 unspecified atom stereocenters. The number of carboxylic acids is 1. The van der Waals surface area contributed by atoms with Crippen molar-refractivity contribution in [2.24, 2.45) is 0 Å². The number of aliphatic carboxylic acids is 1. The number of amides is 1. The van der Waals surface area contributed by atoms with Gasteiger partial charge in [0.05, 0.1) is 6.61 Å². The third kappa shape index (κ3) is 2.16. The van der Waals surface area contributed by atoms with Gasteiger partial charge in [0.2, 0.25) is 0 Å². The highest BCUT2D eigenvalue weighted by molar-refractivity contribution is 5.96. The molecule has 0 aromatic carbocycles. The van der Waals surface area contributed by atoms with E-state index in [1.54, 1.807) is 13.0 Å². The Labute approximate surface area is 97.6 Å². The third-order valence-electron chi connectivity index (χ3n) is 2.75. The van der Waals surface area contributed by atoms with Crippen molar-refractivity contribution in [1.29, 1.82) is 0 Å². The zero-order chi connectivity index (χ0) is 12.5. The Hall–Kier alpha value is -1.82. The van der Waals surface area contributed by atoms with Gasteiger partial charge in [-0.3, -0.25) is 4.79 Å². The van der Waals surface area contributed by atoms with Crippen molar-refractivity contribution in [2.45, 2.75) is 18.9 Å². The third-order valence-corrected chi connectivity index (χ3v) is 2.75. The number of rotatable bonds is 3. The normalized spacial score (nSPS) is 23.6. The molecule has 92 valence electrons. The maximum atomic E-state index is 11.8. The Morgan fingerprint density at radius 3 is 2.71 bits per heavy atom. The van der Waals surface area contributed by atoms with E-state index in [1.165, 1.54) is 6.07 Å². The molecule has 6 heteroatoms. The first-order valence-electron chi connectivity index (χ1n) is 5.24. The van der Waals surface area contributed by atoms with Crippen molar-refractivity contribution in [3.63, 3.8) is 0 Å². The van der Waals surface area contributed by atoms with Gasteiger partial charge in [0.1, 0.15) is 5.76 Å². The lowest BCUT2D eigenvalue weighted by Gasteiger charge is -2.22. The summed E-state index contributed by atoms with van der Waals surface area (Å²) in [7, 11) is 0. The molecule has 1 aromatic rings. The summed E-state index contributed by atoms with van der Waals surface area (Å²) in [4.78, 5) is 23.0. The summed E-state index contributed by atoms with van der Waals surface area (Å²) in [5.74, 6) is -0.921. The van der Waals surface area contributed by atoms with Crippen LogP contribution in [0.4, 0.5) is 0 Å². The molecule has 0 radical (unpaired) electrons. The number of nitrogens with one attached hydrogen (secondary N) is 1. The Kier molecular flexibility index (Phi) is 2.89. The molecule has 2 N–H and O–H groups in total. The van der Waals surface area contributed by atoms with E-state index in [0.29, 0.717) is 12.4 Å². The van der Waals surface area contributed by atoms with Crippen molar-refractivity contribution in [1.82, 2.24) is 5.32 Å². The summed E-state index contributed by atoms with van der Waals surface area (Å²) < 4.78 is 10.2. The summed E-state index contributed by atoms with van der Waals surface area (Å²) in [6, 6.07) is 3.16. The van der Waals surface area contributed by atoms with Crippen LogP contribution in [0.5, 0.6) is 0 Å². The molecule has 1 aromatic heterocycles. The number of carbonyl (C=O) groups excluding carboxylic acids is 1. The van der Waals surface area contributed by atoms with Crippen LogP contribution in [-0.4, -0.2) is 35.7 Å². The average Bonchev–Trinajstić information content (AvgIpc) is 2.87. The Balaban J connectivity index is 2.14. The molecule has 0 bridgehead atoms. The number of carbonyl (C=O) groups is 2. The molecular formula is C11H13NO5. The minimum absolute atomic E-state index is 0.0201. The van der Waals surface area contributed by atoms with Crippen LogP contribution >= 0.6 is 0 Å². The van der Waals surface area contributed by atoms with Gasteiger partial charge in [0.25, 0.3) is 5.91 Å². The van der Waals surface area contributed by atoms with Crippen molar-refractivity contribution in [2.75, 3.05) is 13.2 Å². The second-order valence-corrected chi connectivity index (χ2v) is 4.05. The minimum Gasteiger partial charge on any atom is -0.479 e. The summed E-state index contributed by atoms with van der Waals surface area (Å²) in [5.41, 5.74) is -1.34. The first-order valence-corrected chi connectivity index (χ1v) is 5.24. The molecule has 1 aliphatic heterocycles. The van der Waals surface area contributed by atoms with E-state index >= 15 is 0 Å². The summed E-state index contributed by atoms with van der Waals surface area (Å²) >= 11 is 0. The molecule has 1 saturated heterocycles. The molecular weight excluding hydrogens is 226 g/mol. The van der Waals surface area contributed by atoms with E-state index in [1.807, 2.05) is 0 Å². The van der Waals surface area contributed by atoms with Crippen molar-refractivity contribution in [3.8, 4) is 0 Å². The summed E-state index contributed by atoms with van der Waals surface area (Å²) in [6.07, 6.45) is 0.258. The molecule has 1 fully saturated rings. The second-order valence-electron chi connectivity index (χ2n) is 4.05. The lowest BCUT2D eigenvalue weighted by Crippen LogP contribution is -2.55. The van der Waals surface area contributed by atoms with Gasteiger partial charge in [-0.2, -0.15) is 0 Å². The molecule has 0 aliphatic carbocycles. The van der Waals surface area contributed by atoms with Crippen LogP contribution in [0, 0.1) is 6.92 Å². The number of hydrogen-bond donors (Lipinski definition) is 2. The molecule has 2 heterocycles. The number of ether oxygens (including phenoxy) is 1. The first-order chi connectivity index (χ1) is 8.03. The smallest absolute Gasteiger partial charge is 0.331 e. The predicted molar refractivity (Wildman–Crippen MR) is 56.7 cm³/mol. The van der Waals surface area contributed by atoms with E-state index in [0.717, 1.165) is 0 Å². The Bertz CT molecular complexity index is 444. The highest BCUT2D eigenvalue weighted by Gasteiger charge is 2.44. The quantitative estimate of drug-likeness (QED) is 0.804. The van der Waals surface area contributed by atoms with Gasteiger partial charge in [-0.1, -0.05) is 0 Å². The molecule has 1 amide bonds. The standard InChI is InChI=1S/C11H13NO5/c1-7-2-3-8(17-7)9(13)12-11(10(14)15)4-5-16-6-11/h2-3H,4-6H2,1H3,(H,12,13)(H,14,15). The Morgan fingerprint density at radius 2 is 2.24 bits per heavy atom. The van der Waals surface area contributed by atoms with Gasteiger partial charge in [0, 0.05) is 13.0 Å². The van der Waals surface area contributed by atoms with Crippen molar-refractivity contribution >= 4 is 11.9 Å². The number of hydrogen-bond acceptors (Lipinski definition) is 4. The SMILES string of the molecule is Cc1ccc(C(=O)NC2(C(=O)O)CCOC2)o1.